The first-order valence-electron chi connectivity index (χ1n) is 8.75. The van der Waals surface area contributed by atoms with E-state index < -0.39 is 0 Å². The first-order valence-corrected chi connectivity index (χ1v) is 8.75. The van der Waals surface area contributed by atoms with E-state index >= 15 is 0 Å². The molecule has 6 heteroatoms. The van der Waals surface area contributed by atoms with Gasteiger partial charge in [0, 0.05) is 23.8 Å². The number of anilines is 2. The molecule has 142 valence electrons. The number of carbonyl (C=O) groups excluding carboxylic acids is 2. The highest BCUT2D eigenvalue weighted by atomic mass is 16.5. The van der Waals surface area contributed by atoms with Gasteiger partial charge in [0.1, 0.15) is 5.75 Å². The standard InChI is InChI=1S/C22H21N3O3/c1-14-4-5-15(2)20(10-14)25-22(27)17-11-16(12-23-13-17)21(26)24-18-6-8-19(28-3)9-7-18/h4-13H,1-3H3,(H,24,26)(H,25,27). The van der Waals surface area contributed by atoms with Crippen LogP contribution in [0.4, 0.5) is 11.4 Å². The van der Waals surface area contributed by atoms with E-state index in [-0.39, 0.29) is 11.8 Å². The highest BCUT2D eigenvalue weighted by Crippen LogP contribution is 2.18. The molecule has 0 fully saturated rings. The summed E-state index contributed by atoms with van der Waals surface area (Å²) in [6, 6.07) is 14.3. The Bertz CT molecular complexity index is 1010. The molecule has 2 N–H and O–H groups in total. The van der Waals surface area contributed by atoms with Crippen molar-refractivity contribution in [1.82, 2.24) is 4.98 Å². The second kappa shape index (κ2) is 8.35. The number of pyridine rings is 1. The number of hydrogen-bond acceptors (Lipinski definition) is 4. The van der Waals surface area contributed by atoms with Crippen LogP contribution in [0.2, 0.25) is 0 Å². The summed E-state index contributed by atoms with van der Waals surface area (Å²) < 4.78 is 5.10. The van der Waals surface area contributed by atoms with Gasteiger partial charge in [-0.05, 0) is 61.4 Å². The molecular formula is C22H21N3O3. The van der Waals surface area contributed by atoms with Gasteiger partial charge in [-0.2, -0.15) is 0 Å². The van der Waals surface area contributed by atoms with E-state index in [1.165, 1.54) is 18.5 Å². The van der Waals surface area contributed by atoms with Crippen LogP contribution in [0, 0.1) is 13.8 Å². The molecule has 6 nitrogen and oxygen atoms in total. The third-order valence-electron chi connectivity index (χ3n) is 4.25. The number of carbonyl (C=O) groups is 2. The largest absolute Gasteiger partial charge is 0.497 e. The number of amides is 2. The number of hydrogen-bond donors (Lipinski definition) is 2. The number of aryl methyl sites for hydroxylation is 2. The summed E-state index contributed by atoms with van der Waals surface area (Å²) in [4.78, 5) is 29.1. The van der Waals surface area contributed by atoms with Gasteiger partial charge in [-0.3, -0.25) is 14.6 Å². The average molecular weight is 375 g/mol. The fourth-order valence-corrected chi connectivity index (χ4v) is 2.63. The van der Waals surface area contributed by atoms with E-state index in [4.69, 9.17) is 4.74 Å². The molecule has 0 aliphatic rings. The van der Waals surface area contributed by atoms with Gasteiger partial charge in [-0.1, -0.05) is 12.1 Å². The van der Waals surface area contributed by atoms with Crippen LogP contribution in [-0.2, 0) is 0 Å². The van der Waals surface area contributed by atoms with Gasteiger partial charge >= 0.3 is 0 Å². The molecule has 0 saturated carbocycles. The molecule has 0 bridgehead atoms. The lowest BCUT2D eigenvalue weighted by molar-refractivity contribution is 0.102. The zero-order valence-electron chi connectivity index (χ0n) is 15.9. The molecule has 2 amide bonds. The Morgan fingerprint density at radius 3 is 2.14 bits per heavy atom. The summed E-state index contributed by atoms with van der Waals surface area (Å²) in [6.45, 7) is 3.88. The van der Waals surface area contributed by atoms with Crippen LogP contribution in [0.3, 0.4) is 0 Å². The Morgan fingerprint density at radius 1 is 0.857 bits per heavy atom. The van der Waals surface area contributed by atoms with Crippen molar-refractivity contribution in [2.24, 2.45) is 0 Å². The molecule has 0 aliphatic heterocycles. The highest BCUT2D eigenvalue weighted by molar-refractivity contribution is 6.08. The minimum absolute atomic E-state index is 0.296. The van der Waals surface area contributed by atoms with Crippen LogP contribution >= 0.6 is 0 Å². The molecule has 1 heterocycles. The maximum Gasteiger partial charge on any atom is 0.257 e. The molecule has 28 heavy (non-hydrogen) atoms. The second-order valence-electron chi connectivity index (χ2n) is 6.42. The number of aromatic nitrogens is 1. The summed E-state index contributed by atoms with van der Waals surface area (Å²) in [5, 5.41) is 5.65. The molecule has 0 aliphatic carbocycles. The van der Waals surface area contributed by atoms with Gasteiger partial charge in [-0.25, -0.2) is 0 Å². The van der Waals surface area contributed by atoms with E-state index in [0.29, 0.717) is 22.6 Å². The molecule has 1 aromatic heterocycles. The van der Waals surface area contributed by atoms with Gasteiger partial charge in [0.25, 0.3) is 11.8 Å². The SMILES string of the molecule is COc1ccc(NC(=O)c2cncc(C(=O)Nc3cc(C)ccc3C)c2)cc1. The number of benzene rings is 2. The van der Waals surface area contributed by atoms with Gasteiger partial charge in [0.05, 0.1) is 18.2 Å². The van der Waals surface area contributed by atoms with E-state index in [9.17, 15) is 9.59 Å². The normalized spacial score (nSPS) is 10.2. The fraction of sp³-hybridized carbons (Fsp3) is 0.136. The van der Waals surface area contributed by atoms with Crippen molar-refractivity contribution in [2.45, 2.75) is 13.8 Å². The maximum atomic E-state index is 12.6. The van der Waals surface area contributed by atoms with Crippen molar-refractivity contribution in [2.75, 3.05) is 17.7 Å². The Balaban J connectivity index is 1.74. The van der Waals surface area contributed by atoms with Gasteiger partial charge < -0.3 is 15.4 Å². The number of rotatable bonds is 5. The molecule has 0 unspecified atom stereocenters. The highest BCUT2D eigenvalue weighted by Gasteiger charge is 2.13. The smallest absolute Gasteiger partial charge is 0.257 e. The lowest BCUT2D eigenvalue weighted by Gasteiger charge is -2.10. The number of methoxy groups -OCH3 is 1. The minimum atomic E-state index is -0.348. The van der Waals surface area contributed by atoms with Crippen LogP contribution in [0.5, 0.6) is 5.75 Å². The molecule has 2 aromatic carbocycles. The Labute approximate surface area is 163 Å². The fourth-order valence-electron chi connectivity index (χ4n) is 2.63. The van der Waals surface area contributed by atoms with Crippen LogP contribution in [0.15, 0.2) is 60.9 Å². The van der Waals surface area contributed by atoms with Crippen LogP contribution in [0.1, 0.15) is 31.8 Å². The monoisotopic (exact) mass is 375 g/mol. The lowest BCUT2D eigenvalue weighted by atomic mass is 10.1. The molecule has 0 atom stereocenters. The van der Waals surface area contributed by atoms with Crippen molar-refractivity contribution in [3.63, 3.8) is 0 Å². The molecule has 0 spiro atoms. The Hall–Kier alpha value is -3.67. The van der Waals surface area contributed by atoms with E-state index in [0.717, 1.165) is 16.8 Å². The van der Waals surface area contributed by atoms with Crippen molar-refractivity contribution in [1.29, 1.82) is 0 Å². The maximum absolute atomic E-state index is 12.6. The number of nitrogens with one attached hydrogen (secondary N) is 2. The van der Waals surface area contributed by atoms with E-state index in [1.807, 2.05) is 32.0 Å². The van der Waals surface area contributed by atoms with Crippen molar-refractivity contribution >= 4 is 23.2 Å². The van der Waals surface area contributed by atoms with Gasteiger partial charge in [-0.15, -0.1) is 0 Å². The lowest BCUT2D eigenvalue weighted by Crippen LogP contribution is -2.16. The molecule has 3 rings (SSSR count). The first kappa shape index (κ1) is 19.1. The molecule has 0 radical (unpaired) electrons. The molecule has 3 aromatic rings. The second-order valence-corrected chi connectivity index (χ2v) is 6.42. The Morgan fingerprint density at radius 2 is 1.50 bits per heavy atom. The first-order chi connectivity index (χ1) is 13.5. The third-order valence-corrected chi connectivity index (χ3v) is 4.25. The molecular weight excluding hydrogens is 354 g/mol. The van der Waals surface area contributed by atoms with Crippen LogP contribution in [0.25, 0.3) is 0 Å². The Kier molecular flexibility index (Phi) is 5.69. The topological polar surface area (TPSA) is 80.3 Å². The third kappa shape index (κ3) is 4.54. The van der Waals surface area contributed by atoms with Crippen molar-refractivity contribution < 1.29 is 14.3 Å². The van der Waals surface area contributed by atoms with Crippen molar-refractivity contribution in [3.8, 4) is 5.75 Å². The predicted octanol–water partition coefficient (Wildman–Crippen LogP) is 4.21. The summed E-state index contributed by atoms with van der Waals surface area (Å²) >= 11 is 0. The van der Waals surface area contributed by atoms with Crippen LogP contribution in [-0.4, -0.2) is 23.9 Å². The van der Waals surface area contributed by atoms with Gasteiger partial charge in [0.15, 0.2) is 0 Å². The quantitative estimate of drug-likeness (QED) is 0.700. The molecule has 0 saturated heterocycles. The minimum Gasteiger partial charge on any atom is -0.497 e. The summed E-state index contributed by atoms with van der Waals surface area (Å²) in [7, 11) is 1.58. The van der Waals surface area contributed by atoms with Gasteiger partial charge in [0.2, 0.25) is 0 Å². The number of nitrogens with zero attached hydrogens (tertiary/aromatic N) is 1. The zero-order valence-corrected chi connectivity index (χ0v) is 15.9. The summed E-state index contributed by atoms with van der Waals surface area (Å²) in [5.41, 5.74) is 3.97. The van der Waals surface area contributed by atoms with E-state index in [1.54, 1.807) is 31.4 Å². The number of ether oxygens (including phenoxy) is 1. The van der Waals surface area contributed by atoms with E-state index in [2.05, 4.69) is 15.6 Å². The summed E-state index contributed by atoms with van der Waals surface area (Å²) in [6.07, 6.45) is 2.86. The predicted molar refractivity (Wildman–Crippen MR) is 109 cm³/mol. The average Bonchev–Trinajstić information content (AvgIpc) is 2.71. The van der Waals surface area contributed by atoms with Crippen molar-refractivity contribution in [3.05, 3.63) is 83.2 Å². The zero-order chi connectivity index (χ0) is 20.1. The summed E-state index contributed by atoms with van der Waals surface area (Å²) in [5.74, 6) is 0.0316. The van der Waals surface area contributed by atoms with Crippen LogP contribution < -0.4 is 15.4 Å².